The molecule has 6 heteroatoms. The van der Waals surface area contributed by atoms with Gasteiger partial charge in [0.25, 0.3) is 5.91 Å². The SMILES string of the molecule is O=C1c2cc(F)ccc2SC2c3oc4ccc(O)cc4c3CCN12. The molecule has 0 spiro atoms. The van der Waals surface area contributed by atoms with Crippen LogP contribution in [0.3, 0.4) is 0 Å². The minimum Gasteiger partial charge on any atom is -0.508 e. The second-order valence-corrected chi connectivity index (χ2v) is 7.11. The van der Waals surface area contributed by atoms with E-state index in [1.165, 1.54) is 23.9 Å². The van der Waals surface area contributed by atoms with Crippen molar-refractivity contribution in [2.24, 2.45) is 0 Å². The number of hydrogen-bond acceptors (Lipinski definition) is 4. The first-order valence-corrected chi connectivity index (χ1v) is 8.51. The molecule has 0 bridgehead atoms. The number of benzene rings is 2. The third kappa shape index (κ3) is 1.83. The number of nitrogens with zero attached hydrogens (tertiary/aromatic N) is 1. The van der Waals surface area contributed by atoms with Crippen LogP contribution >= 0.6 is 11.8 Å². The van der Waals surface area contributed by atoms with Gasteiger partial charge in [-0.05, 0) is 42.8 Å². The molecule has 0 saturated carbocycles. The predicted molar refractivity (Wildman–Crippen MR) is 87.6 cm³/mol. The molecule has 2 aliphatic heterocycles. The topological polar surface area (TPSA) is 53.7 Å². The largest absolute Gasteiger partial charge is 0.508 e. The Morgan fingerprint density at radius 3 is 3.00 bits per heavy atom. The summed E-state index contributed by atoms with van der Waals surface area (Å²) in [7, 11) is 0. The van der Waals surface area contributed by atoms with Gasteiger partial charge in [0.1, 0.15) is 28.3 Å². The van der Waals surface area contributed by atoms with Gasteiger partial charge in [0.15, 0.2) is 0 Å². The number of fused-ring (bicyclic) bond motifs is 6. The summed E-state index contributed by atoms with van der Waals surface area (Å²) in [4.78, 5) is 15.2. The van der Waals surface area contributed by atoms with Gasteiger partial charge in [0.2, 0.25) is 0 Å². The van der Waals surface area contributed by atoms with E-state index in [0.717, 1.165) is 21.6 Å². The monoisotopic (exact) mass is 341 g/mol. The Bertz CT molecular complexity index is 1010. The number of thioether (sulfide) groups is 1. The number of phenolic OH excluding ortho intramolecular Hbond substituents is 1. The van der Waals surface area contributed by atoms with E-state index in [9.17, 15) is 14.3 Å². The van der Waals surface area contributed by atoms with Gasteiger partial charge in [-0.15, -0.1) is 0 Å². The Morgan fingerprint density at radius 2 is 2.12 bits per heavy atom. The molecule has 5 rings (SSSR count). The van der Waals surface area contributed by atoms with Crippen LogP contribution in [0.25, 0.3) is 11.0 Å². The number of aromatic hydroxyl groups is 1. The molecule has 0 aliphatic carbocycles. The number of hydrogen-bond donors (Lipinski definition) is 1. The number of amides is 1. The Balaban J connectivity index is 1.68. The summed E-state index contributed by atoms with van der Waals surface area (Å²) in [5, 5.41) is 10.4. The smallest absolute Gasteiger partial charge is 0.256 e. The zero-order valence-electron chi connectivity index (χ0n) is 12.5. The van der Waals surface area contributed by atoms with Gasteiger partial charge in [-0.25, -0.2) is 4.39 Å². The minimum atomic E-state index is -0.405. The average Bonchev–Trinajstić information content (AvgIpc) is 2.94. The third-order valence-corrected chi connectivity index (χ3v) is 5.89. The van der Waals surface area contributed by atoms with Crippen LogP contribution in [0.1, 0.15) is 27.1 Å². The highest BCUT2D eigenvalue weighted by Crippen LogP contribution is 2.50. The third-order valence-electron chi connectivity index (χ3n) is 4.59. The minimum absolute atomic E-state index is 0.165. The second-order valence-electron chi connectivity index (χ2n) is 5.98. The van der Waals surface area contributed by atoms with Crippen molar-refractivity contribution < 1.29 is 18.7 Å². The zero-order chi connectivity index (χ0) is 16.4. The molecule has 4 nitrogen and oxygen atoms in total. The summed E-state index contributed by atoms with van der Waals surface area (Å²) in [6.45, 7) is 0.545. The van der Waals surface area contributed by atoms with E-state index in [4.69, 9.17) is 4.42 Å². The highest BCUT2D eigenvalue weighted by molar-refractivity contribution is 7.99. The summed E-state index contributed by atoms with van der Waals surface area (Å²) < 4.78 is 19.5. The van der Waals surface area contributed by atoms with Gasteiger partial charge in [0, 0.05) is 22.4 Å². The van der Waals surface area contributed by atoms with Gasteiger partial charge < -0.3 is 14.4 Å². The van der Waals surface area contributed by atoms with Crippen LogP contribution in [0.4, 0.5) is 4.39 Å². The molecule has 2 aromatic carbocycles. The maximum atomic E-state index is 13.5. The van der Waals surface area contributed by atoms with Crippen molar-refractivity contribution >= 4 is 28.6 Å². The predicted octanol–water partition coefficient (Wildman–Crippen LogP) is 4.08. The lowest BCUT2D eigenvalue weighted by Gasteiger charge is -2.38. The molecule has 2 aliphatic rings. The number of rotatable bonds is 0. The summed E-state index contributed by atoms with van der Waals surface area (Å²) in [6.07, 6.45) is 0.652. The average molecular weight is 341 g/mol. The highest BCUT2D eigenvalue weighted by atomic mass is 32.2. The lowest BCUT2D eigenvalue weighted by molar-refractivity contribution is 0.0701. The Kier molecular flexibility index (Phi) is 2.77. The van der Waals surface area contributed by atoms with Crippen molar-refractivity contribution in [1.29, 1.82) is 0 Å². The fourth-order valence-electron chi connectivity index (χ4n) is 3.48. The van der Waals surface area contributed by atoms with E-state index in [0.29, 0.717) is 24.1 Å². The number of carbonyl (C=O) groups excluding carboxylic acids is 1. The molecule has 0 radical (unpaired) electrons. The van der Waals surface area contributed by atoms with Gasteiger partial charge in [-0.3, -0.25) is 4.79 Å². The summed E-state index contributed by atoms with van der Waals surface area (Å²) >= 11 is 1.50. The van der Waals surface area contributed by atoms with E-state index in [1.54, 1.807) is 29.2 Å². The molecule has 1 amide bonds. The second kappa shape index (κ2) is 4.77. The quantitative estimate of drug-likeness (QED) is 0.669. The van der Waals surface area contributed by atoms with E-state index >= 15 is 0 Å². The van der Waals surface area contributed by atoms with E-state index in [1.807, 2.05) is 0 Å². The number of furan rings is 1. The number of halogens is 1. The van der Waals surface area contributed by atoms with Crippen LogP contribution in [0.5, 0.6) is 5.75 Å². The molecule has 1 aromatic heterocycles. The molecule has 3 aromatic rings. The van der Waals surface area contributed by atoms with Crippen molar-refractivity contribution in [3.63, 3.8) is 0 Å². The van der Waals surface area contributed by atoms with Crippen molar-refractivity contribution in [3.8, 4) is 5.75 Å². The van der Waals surface area contributed by atoms with Crippen LogP contribution < -0.4 is 0 Å². The molecular weight excluding hydrogens is 329 g/mol. The van der Waals surface area contributed by atoms with E-state index < -0.39 is 5.82 Å². The molecule has 0 fully saturated rings. The molecule has 1 N–H and O–H groups in total. The van der Waals surface area contributed by atoms with Crippen LogP contribution in [-0.2, 0) is 6.42 Å². The van der Waals surface area contributed by atoms with Gasteiger partial charge in [-0.1, -0.05) is 11.8 Å². The summed E-state index contributed by atoms with van der Waals surface area (Å²) in [6, 6.07) is 9.35. The fourth-order valence-corrected chi connectivity index (χ4v) is 4.76. The first-order valence-electron chi connectivity index (χ1n) is 7.63. The molecule has 0 saturated heterocycles. The molecule has 1 unspecified atom stereocenters. The maximum Gasteiger partial charge on any atom is 0.256 e. The lowest BCUT2D eigenvalue weighted by atomic mass is 10.0. The van der Waals surface area contributed by atoms with Crippen molar-refractivity contribution in [2.45, 2.75) is 16.7 Å². The first kappa shape index (κ1) is 13.9. The molecule has 24 heavy (non-hydrogen) atoms. The van der Waals surface area contributed by atoms with Gasteiger partial charge in [0.05, 0.1) is 5.56 Å². The molecule has 3 heterocycles. The first-order chi connectivity index (χ1) is 11.6. The normalized spacial score (nSPS) is 19.1. The van der Waals surface area contributed by atoms with E-state index in [-0.39, 0.29) is 17.0 Å². The van der Waals surface area contributed by atoms with Crippen LogP contribution in [-0.4, -0.2) is 22.5 Å². The van der Waals surface area contributed by atoms with E-state index in [2.05, 4.69) is 0 Å². The molecule has 1 atom stereocenters. The lowest BCUT2D eigenvalue weighted by Crippen LogP contribution is -2.40. The maximum absolute atomic E-state index is 13.5. The van der Waals surface area contributed by atoms with Crippen LogP contribution in [0, 0.1) is 5.82 Å². The van der Waals surface area contributed by atoms with Crippen LogP contribution in [0.2, 0.25) is 0 Å². The zero-order valence-corrected chi connectivity index (χ0v) is 13.3. The Morgan fingerprint density at radius 1 is 1.25 bits per heavy atom. The van der Waals surface area contributed by atoms with Gasteiger partial charge in [-0.2, -0.15) is 0 Å². The van der Waals surface area contributed by atoms with Crippen molar-refractivity contribution in [1.82, 2.24) is 4.90 Å². The van der Waals surface area contributed by atoms with Crippen molar-refractivity contribution in [2.75, 3.05) is 6.54 Å². The standard InChI is InChI=1S/C18H12FNO3S/c19-9-1-4-15-13(7-9)17(22)20-6-5-11-12-8-10(21)2-3-14(12)23-16(11)18(20)24-15/h1-4,7-8,18,21H,5-6H2. The number of phenols is 1. The molecular formula is C18H12FNO3S. The van der Waals surface area contributed by atoms with Crippen molar-refractivity contribution in [3.05, 3.63) is 59.1 Å². The highest BCUT2D eigenvalue weighted by Gasteiger charge is 2.40. The van der Waals surface area contributed by atoms with Crippen LogP contribution in [0.15, 0.2) is 45.7 Å². The van der Waals surface area contributed by atoms with Gasteiger partial charge >= 0.3 is 0 Å². The summed E-state index contributed by atoms with van der Waals surface area (Å²) in [5.74, 6) is 0.372. The Labute approximate surface area is 140 Å². The fraction of sp³-hybridized carbons (Fsp3) is 0.167. The number of carbonyl (C=O) groups is 1. The Hall–Kier alpha value is -2.47. The summed E-state index contributed by atoms with van der Waals surface area (Å²) in [5.41, 5.74) is 2.15. The molecule has 120 valence electrons.